The zero-order valence-electron chi connectivity index (χ0n) is 28.2. The third-order valence-corrected chi connectivity index (χ3v) is 11.0. The maximum absolute atomic E-state index is 2.49. The van der Waals surface area contributed by atoms with E-state index in [-0.39, 0.29) is 5.41 Å². The molecule has 0 radical (unpaired) electrons. The second kappa shape index (κ2) is 10.9. The number of benzene rings is 9. The van der Waals surface area contributed by atoms with Crippen LogP contribution >= 0.6 is 0 Å². The zero-order valence-corrected chi connectivity index (χ0v) is 28.2. The van der Waals surface area contributed by atoms with Gasteiger partial charge in [0.05, 0.1) is 5.69 Å². The van der Waals surface area contributed by atoms with Gasteiger partial charge in [0, 0.05) is 22.4 Å². The molecule has 0 bridgehead atoms. The van der Waals surface area contributed by atoms with Crippen LogP contribution < -0.4 is 4.90 Å². The highest BCUT2D eigenvalue weighted by Crippen LogP contribution is 2.53. The number of nitrogens with zero attached hydrogens (tertiary/aromatic N) is 1. The third-order valence-electron chi connectivity index (χ3n) is 11.0. The highest BCUT2D eigenvalue weighted by molar-refractivity contribution is 6.07. The van der Waals surface area contributed by atoms with Crippen LogP contribution in [0.2, 0.25) is 0 Å². The molecule has 0 saturated heterocycles. The van der Waals surface area contributed by atoms with Gasteiger partial charge in [-0.15, -0.1) is 0 Å². The molecule has 0 atom stereocenters. The summed E-state index contributed by atoms with van der Waals surface area (Å²) in [6.07, 6.45) is 0. The fourth-order valence-electron chi connectivity index (χ4n) is 8.39. The van der Waals surface area contributed by atoms with Crippen LogP contribution in [0, 0.1) is 0 Å². The molecule has 0 N–H and O–H groups in total. The summed E-state index contributed by atoms with van der Waals surface area (Å²) < 4.78 is 0. The Bertz CT molecular complexity index is 2800. The average Bonchev–Trinajstić information content (AvgIpc) is 3.38. The molecule has 0 unspecified atom stereocenters. The molecule has 0 amide bonds. The van der Waals surface area contributed by atoms with Gasteiger partial charge in [0.15, 0.2) is 0 Å². The van der Waals surface area contributed by atoms with Crippen molar-refractivity contribution < 1.29 is 0 Å². The molecule has 0 aliphatic heterocycles. The molecule has 1 heteroatoms. The lowest BCUT2D eigenvalue weighted by molar-refractivity contribution is 0.661. The van der Waals surface area contributed by atoms with E-state index in [0.717, 1.165) is 17.1 Å². The molecule has 0 spiro atoms. The summed E-state index contributed by atoms with van der Waals surface area (Å²) in [7, 11) is 0. The van der Waals surface area contributed by atoms with Crippen molar-refractivity contribution in [2.45, 2.75) is 19.3 Å². The Morgan fingerprint density at radius 1 is 0.380 bits per heavy atom. The molecule has 1 aliphatic rings. The number of anilines is 3. The van der Waals surface area contributed by atoms with Crippen LogP contribution in [-0.4, -0.2) is 0 Å². The minimum Gasteiger partial charge on any atom is -0.310 e. The first-order valence-electron chi connectivity index (χ1n) is 17.5. The lowest BCUT2D eigenvalue weighted by atomic mass is 9.81. The van der Waals surface area contributed by atoms with Crippen LogP contribution in [0.15, 0.2) is 176 Å². The Morgan fingerprint density at radius 3 is 1.64 bits per heavy atom. The van der Waals surface area contributed by atoms with E-state index in [2.05, 4.69) is 195 Å². The van der Waals surface area contributed by atoms with Crippen LogP contribution in [-0.2, 0) is 5.41 Å². The topological polar surface area (TPSA) is 3.24 Å². The van der Waals surface area contributed by atoms with Gasteiger partial charge in [0.2, 0.25) is 0 Å². The first-order chi connectivity index (χ1) is 24.5. The van der Waals surface area contributed by atoms with E-state index in [4.69, 9.17) is 0 Å². The monoisotopic (exact) mass is 637 g/mol. The predicted octanol–water partition coefficient (Wildman–Crippen LogP) is 13.7. The van der Waals surface area contributed by atoms with Gasteiger partial charge in [-0.1, -0.05) is 141 Å². The quantitative estimate of drug-likeness (QED) is 0.186. The molecule has 1 aliphatic carbocycles. The van der Waals surface area contributed by atoms with E-state index >= 15 is 0 Å². The lowest BCUT2D eigenvalue weighted by Gasteiger charge is -2.30. The Balaban J connectivity index is 1.25. The molecule has 236 valence electrons. The third kappa shape index (κ3) is 4.40. The first kappa shape index (κ1) is 28.8. The molecule has 9 aromatic carbocycles. The lowest BCUT2D eigenvalue weighted by Crippen LogP contribution is -2.17. The SMILES string of the molecule is CC1(C)c2cc(N(c3ccc4ccccc4c3)c3ccc4ccccc4c3-c3ccc4ccccc4c3)ccc2-c2cc3ccccc3cc21. The molecule has 9 aromatic rings. The van der Waals surface area contributed by atoms with Crippen molar-refractivity contribution in [3.8, 4) is 22.3 Å². The molecule has 0 aromatic heterocycles. The van der Waals surface area contributed by atoms with Gasteiger partial charge in [-0.25, -0.2) is 0 Å². The Morgan fingerprint density at radius 2 is 0.900 bits per heavy atom. The van der Waals surface area contributed by atoms with E-state index in [1.807, 2.05) is 0 Å². The summed E-state index contributed by atoms with van der Waals surface area (Å²) >= 11 is 0. The van der Waals surface area contributed by atoms with Crippen molar-refractivity contribution in [3.63, 3.8) is 0 Å². The zero-order chi connectivity index (χ0) is 33.4. The largest absolute Gasteiger partial charge is 0.310 e. The predicted molar refractivity (Wildman–Crippen MR) is 214 cm³/mol. The number of rotatable bonds is 4. The van der Waals surface area contributed by atoms with Crippen molar-refractivity contribution in [2.75, 3.05) is 4.90 Å². The Kier molecular flexibility index (Phi) is 6.29. The van der Waals surface area contributed by atoms with Crippen molar-refractivity contribution in [3.05, 3.63) is 187 Å². The van der Waals surface area contributed by atoms with Gasteiger partial charge < -0.3 is 4.90 Å². The van der Waals surface area contributed by atoms with Crippen molar-refractivity contribution in [2.24, 2.45) is 0 Å². The maximum atomic E-state index is 2.49. The van der Waals surface area contributed by atoms with Gasteiger partial charge in [0.1, 0.15) is 0 Å². The van der Waals surface area contributed by atoms with Crippen molar-refractivity contribution >= 4 is 60.2 Å². The summed E-state index contributed by atoms with van der Waals surface area (Å²) in [6, 6.07) is 65.2. The van der Waals surface area contributed by atoms with Gasteiger partial charge in [0.25, 0.3) is 0 Å². The standard InChI is InChI=1S/C49H35N/c1-49(2)45-30-38-17-8-7-16-37(38)29-44(45)43-25-24-41(31-46(43)49)50(40-23-21-33-12-4-6-15-36(33)28-40)47-26-22-34-13-9-10-18-42(34)48(47)39-20-19-32-11-3-5-14-35(32)27-39/h3-31H,1-2H3. The fourth-order valence-corrected chi connectivity index (χ4v) is 8.39. The van der Waals surface area contributed by atoms with Crippen molar-refractivity contribution in [1.82, 2.24) is 0 Å². The minimum absolute atomic E-state index is 0.148. The molecule has 10 rings (SSSR count). The van der Waals surface area contributed by atoms with Crippen LogP contribution in [0.1, 0.15) is 25.0 Å². The normalized spacial score (nSPS) is 13.2. The number of hydrogen-bond acceptors (Lipinski definition) is 1. The fraction of sp³-hybridized carbons (Fsp3) is 0.0612. The summed E-state index contributed by atoms with van der Waals surface area (Å²) in [5, 5.41) is 10.0. The Labute approximate surface area is 292 Å². The van der Waals surface area contributed by atoms with Gasteiger partial charge in [-0.2, -0.15) is 0 Å². The average molecular weight is 638 g/mol. The molecule has 0 fully saturated rings. The van der Waals surface area contributed by atoms with Gasteiger partial charge in [-0.05, 0) is 119 Å². The highest BCUT2D eigenvalue weighted by Gasteiger charge is 2.36. The first-order valence-corrected chi connectivity index (χ1v) is 17.5. The Hall–Kier alpha value is -6.18. The molecule has 0 saturated carbocycles. The summed E-state index contributed by atoms with van der Waals surface area (Å²) in [5.74, 6) is 0. The minimum atomic E-state index is -0.148. The van der Waals surface area contributed by atoms with Crippen LogP contribution in [0.25, 0.3) is 65.3 Å². The van der Waals surface area contributed by atoms with E-state index in [1.54, 1.807) is 0 Å². The van der Waals surface area contributed by atoms with Gasteiger partial charge >= 0.3 is 0 Å². The summed E-state index contributed by atoms with van der Waals surface area (Å²) in [4.78, 5) is 2.49. The number of fused-ring (bicyclic) bond motifs is 7. The molecule has 50 heavy (non-hydrogen) atoms. The molecule has 0 heterocycles. The second-order valence-corrected chi connectivity index (χ2v) is 14.2. The summed E-state index contributed by atoms with van der Waals surface area (Å²) in [5.41, 5.74) is 11.2. The highest BCUT2D eigenvalue weighted by atomic mass is 15.1. The van der Waals surface area contributed by atoms with E-state index in [1.165, 1.54) is 76.5 Å². The summed E-state index contributed by atoms with van der Waals surface area (Å²) in [6.45, 7) is 4.76. The molecular weight excluding hydrogens is 603 g/mol. The number of hydrogen-bond donors (Lipinski definition) is 0. The van der Waals surface area contributed by atoms with Crippen LogP contribution in [0.3, 0.4) is 0 Å². The molecule has 1 nitrogen and oxygen atoms in total. The van der Waals surface area contributed by atoms with E-state index in [9.17, 15) is 0 Å². The van der Waals surface area contributed by atoms with Crippen molar-refractivity contribution in [1.29, 1.82) is 0 Å². The van der Waals surface area contributed by atoms with E-state index < -0.39 is 0 Å². The van der Waals surface area contributed by atoms with Crippen LogP contribution in [0.5, 0.6) is 0 Å². The maximum Gasteiger partial charge on any atom is 0.0546 e. The molecular formula is C49H35N. The van der Waals surface area contributed by atoms with Crippen LogP contribution in [0.4, 0.5) is 17.1 Å². The van der Waals surface area contributed by atoms with E-state index in [0.29, 0.717) is 0 Å². The second-order valence-electron chi connectivity index (χ2n) is 14.2. The smallest absolute Gasteiger partial charge is 0.0546 e. The van der Waals surface area contributed by atoms with Gasteiger partial charge in [-0.3, -0.25) is 0 Å².